The number of rotatable bonds is 11. The molecular weight excluding hydrogens is 524 g/mol. The molecule has 0 aliphatic carbocycles. The van der Waals surface area contributed by atoms with Crippen molar-refractivity contribution in [1.82, 2.24) is 20.4 Å². The third-order valence-electron chi connectivity index (χ3n) is 7.87. The number of unbranched alkanes of at least 4 members (excludes halogenated alkanes) is 1. The summed E-state index contributed by atoms with van der Waals surface area (Å²) in [5.41, 5.74) is 0.540. The molecule has 2 aliphatic rings. The van der Waals surface area contributed by atoms with Crippen LogP contribution < -0.4 is 15.4 Å². The fourth-order valence-electron chi connectivity index (χ4n) is 5.55. The molecule has 4 amide bonds. The molecule has 0 bridgehead atoms. The van der Waals surface area contributed by atoms with Crippen LogP contribution in [-0.4, -0.2) is 78.5 Å². The van der Waals surface area contributed by atoms with E-state index in [4.69, 9.17) is 9.47 Å². The second-order valence-corrected chi connectivity index (χ2v) is 10.6. The summed E-state index contributed by atoms with van der Waals surface area (Å²) in [4.78, 5) is 55.6. The van der Waals surface area contributed by atoms with E-state index in [1.165, 1.54) is 0 Å². The fraction of sp³-hybridized carbons (Fsp3) is 0.484. The molecule has 220 valence electrons. The predicted octanol–water partition coefficient (Wildman–Crippen LogP) is 3.50. The van der Waals surface area contributed by atoms with Gasteiger partial charge in [0.05, 0.1) is 7.11 Å². The molecule has 2 N–H and O–H groups in total. The van der Waals surface area contributed by atoms with Crippen LogP contribution >= 0.6 is 0 Å². The van der Waals surface area contributed by atoms with Gasteiger partial charge < -0.3 is 29.9 Å². The third-order valence-corrected chi connectivity index (χ3v) is 7.87. The number of carbonyl (C=O) groups is 4. The molecule has 0 radical (unpaired) electrons. The number of hydrogen-bond donors (Lipinski definition) is 2. The van der Waals surface area contributed by atoms with Crippen LogP contribution in [0.5, 0.6) is 5.75 Å². The number of methoxy groups -OCH3 is 1. The van der Waals surface area contributed by atoms with Crippen molar-refractivity contribution in [2.75, 3.05) is 33.3 Å². The van der Waals surface area contributed by atoms with Gasteiger partial charge in [0.25, 0.3) is 5.91 Å². The van der Waals surface area contributed by atoms with E-state index >= 15 is 0 Å². The number of ether oxygens (including phenoxy) is 2. The zero-order chi connectivity index (χ0) is 29.2. The van der Waals surface area contributed by atoms with Gasteiger partial charge >= 0.3 is 6.09 Å². The number of nitrogens with zero attached hydrogens (tertiary/aromatic N) is 2. The van der Waals surface area contributed by atoms with E-state index < -0.39 is 17.7 Å². The van der Waals surface area contributed by atoms with E-state index in [9.17, 15) is 19.2 Å². The van der Waals surface area contributed by atoms with Crippen molar-refractivity contribution in [2.45, 2.75) is 63.6 Å². The number of alkyl carbamates (subject to hydrolysis) is 1. The third kappa shape index (κ3) is 7.17. The number of piperidine rings is 1. The molecule has 0 unspecified atom stereocenters. The Morgan fingerprint density at radius 2 is 1.73 bits per heavy atom. The smallest absolute Gasteiger partial charge is 0.407 e. The summed E-state index contributed by atoms with van der Waals surface area (Å²) in [7, 11) is 1.58. The minimum Gasteiger partial charge on any atom is -0.497 e. The van der Waals surface area contributed by atoms with Crippen molar-refractivity contribution in [3.05, 3.63) is 65.7 Å². The van der Waals surface area contributed by atoms with Gasteiger partial charge in [-0.1, -0.05) is 37.3 Å². The zero-order valence-corrected chi connectivity index (χ0v) is 23.9. The number of carbonyl (C=O) groups excluding carboxylic acids is 4. The fourth-order valence-corrected chi connectivity index (χ4v) is 5.55. The molecule has 41 heavy (non-hydrogen) atoms. The van der Waals surface area contributed by atoms with Gasteiger partial charge in [-0.2, -0.15) is 0 Å². The highest BCUT2D eigenvalue weighted by atomic mass is 16.5. The van der Waals surface area contributed by atoms with Crippen LogP contribution in [0.2, 0.25) is 0 Å². The van der Waals surface area contributed by atoms with Crippen LogP contribution in [0.15, 0.2) is 54.6 Å². The molecule has 2 fully saturated rings. The highest BCUT2D eigenvalue weighted by molar-refractivity contribution is 6.00. The lowest BCUT2D eigenvalue weighted by Gasteiger charge is -2.51. The topological polar surface area (TPSA) is 117 Å². The number of piperazine rings is 1. The average molecular weight is 565 g/mol. The van der Waals surface area contributed by atoms with Crippen molar-refractivity contribution >= 4 is 23.8 Å². The van der Waals surface area contributed by atoms with Gasteiger partial charge in [0.15, 0.2) is 0 Å². The molecule has 4 rings (SSSR count). The minimum absolute atomic E-state index is 0.0726. The van der Waals surface area contributed by atoms with Crippen LogP contribution in [-0.2, 0) is 20.9 Å². The van der Waals surface area contributed by atoms with Crippen molar-refractivity contribution in [3.8, 4) is 5.75 Å². The summed E-state index contributed by atoms with van der Waals surface area (Å²) in [6.07, 6.45) is 2.85. The van der Waals surface area contributed by atoms with Crippen molar-refractivity contribution in [2.24, 2.45) is 0 Å². The first-order valence-electron chi connectivity index (χ1n) is 14.4. The minimum atomic E-state index is -0.940. The molecular formula is C31H40N4O6. The van der Waals surface area contributed by atoms with Crippen LogP contribution in [0.4, 0.5) is 4.79 Å². The first-order valence-corrected chi connectivity index (χ1v) is 14.4. The van der Waals surface area contributed by atoms with E-state index in [0.717, 1.165) is 12.0 Å². The van der Waals surface area contributed by atoms with Gasteiger partial charge in [-0.25, -0.2) is 4.79 Å². The summed E-state index contributed by atoms with van der Waals surface area (Å²) < 4.78 is 10.4. The maximum absolute atomic E-state index is 13.6. The Balaban J connectivity index is 1.25. The van der Waals surface area contributed by atoms with E-state index in [-0.39, 0.29) is 24.3 Å². The van der Waals surface area contributed by atoms with E-state index in [1.54, 1.807) is 41.2 Å². The molecule has 1 atom stereocenters. The number of hydrogen-bond acceptors (Lipinski definition) is 6. The highest BCUT2D eigenvalue weighted by Crippen LogP contribution is 2.34. The Morgan fingerprint density at radius 1 is 1.02 bits per heavy atom. The normalized spacial score (nSPS) is 18.1. The average Bonchev–Trinajstić information content (AvgIpc) is 3.01. The summed E-state index contributed by atoms with van der Waals surface area (Å²) in [5.74, 6) is 0.368. The molecule has 2 saturated heterocycles. The largest absolute Gasteiger partial charge is 0.497 e. The molecule has 10 heteroatoms. The Labute approximate surface area is 241 Å². The monoisotopic (exact) mass is 564 g/mol. The van der Waals surface area contributed by atoms with Crippen molar-refractivity contribution < 1.29 is 28.7 Å². The number of amides is 4. The Bertz CT molecular complexity index is 1190. The van der Waals surface area contributed by atoms with E-state index in [2.05, 4.69) is 10.6 Å². The standard InChI is InChI=1S/C31H40N4O6/c1-3-19-35-28(37)26(11-7-8-18-32-30(39)41-22-23-9-5-4-6-10-23)33-29(38)31(35)16-20-34(21-17-31)27(36)24-12-14-25(40-2)15-13-24/h4-6,9-10,12-15,26H,3,7-8,11,16-22H2,1-2H3,(H,32,39)(H,33,38)/t26-/m0/s1. The Morgan fingerprint density at radius 3 is 2.39 bits per heavy atom. The molecule has 1 spiro atoms. The molecule has 0 aromatic heterocycles. The van der Waals surface area contributed by atoms with Crippen molar-refractivity contribution in [3.63, 3.8) is 0 Å². The van der Waals surface area contributed by atoms with Gasteiger partial charge in [-0.15, -0.1) is 0 Å². The molecule has 2 aromatic rings. The van der Waals surface area contributed by atoms with Crippen LogP contribution in [0.1, 0.15) is 61.4 Å². The first-order chi connectivity index (χ1) is 19.9. The van der Waals surface area contributed by atoms with Crippen LogP contribution in [0.3, 0.4) is 0 Å². The highest BCUT2D eigenvalue weighted by Gasteiger charge is 2.53. The maximum Gasteiger partial charge on any atom is 0.407 e. The summed E-state index contributed by atoms with van der Waals surface area (Å²) in [6, 6.07) is 15.8. The molecule has 0 saturated carbocycles. The second-order valence-electron chi connectivity index (χ2n) is 10.6. The van der Waals surface area contributed by atoms with Crippen molar-refractivity contribution in [1.29, 1.82) is 0 Å². The lowest BCUT2D eigenvalue weighted by Crippen LogP contribution is -2.73. The van der Waals surface area contributed by atoms with Gasteiger partial charge in [0.2, 0.25) is 11.8 Å². The molecule has 2 aromatic carbocycles. The quantitative estimate of drug-likeness (QED) is 0.404. The number of benzene rings is 2. The molecule has 2 aliphatic heterocycles. The van der Waals surface area contributed by atoms with Gasteiger partial charge in [-0.05, 0) is 68.4 Å². The van der Waals surface area contributed by atoms with Crippen LogP contribution in [0, 0.1) is 0 Å². The molecule has 2 heterocycles. The number of likely N-dealkylation sites (tertiary alicyclic amines) is 1. The lowest BCUT2D eigenvalue weighted by molar-refractivity contribution is -0.161. The van der Waals surface area contributed by atoms with E-state index in [0.29, 0.717) is 69.6 Å². The van der Waals surface area contributed by atoms with Gasteiger partial charge in [0, 0.05) is 31.7 Å². The Kier molecular flexibility index (Phi) is 10.2. The summed E-state index contributed by atoms with van der Waals surface area (Å²) in [6.45, 7) is 3.89. The van der Waals surface area contributed by atoms with Gasteiger partial charge in [0.1, 0.15) is 23.9 Å². The van der Waals surface area contributed by atoms with Gasteiger partial charge in [-0.3, -0.25) is 14.4 Å². The first kappa shape index (κ1) is 29.9. The van der Waals surface area contributed by atoms with Crippen LogP contribution in [0.25, 0.3) is 0 Å². The Hall–Kier alpha value is -4.08. The summed E-state index contributed by atoms with van der Waals surface area (Å²) >= 11 is 0. The lowest BCUT2D eigenvalue weighted by atomic mass is 9.81. The zero-order valence-electron chi connectivity index (χ0n) is 23.9. The van der Waals surface area contributed by atoms with E-state index in [1.807, 2.05) is 37.3 Å². The second kappa shape index (κ2) is 14.0. The maximum atomic E-state index is 13.6. The molecule has 10 nitrogen and oxygen atoms in total. The predicted molar refractivity (Wildman–Crippen MR) is 153 cm³/mol. The SMILES string of the molecule is CCCN1C(=O)[C@H](CCCCNC(=O)OCc2ccccc2)NC(=O)C12CCN(C(=O)c1ccc(OC)cc1)CC2. The summed E-state index contributed by atoms with van der Waals surface area (Å²) in [5, 5.41) is 5.72. The number of nitrogens with one attached hydrogen (secondary N) is 2.